The summed E-state index contributed by atoms with van der Waals surface area (Å²) in [5.74, 6) is 2.15. The van der Waals surface area contributed by atoms with Gasteiger partial charge in [-0.2, -0.15) is 0 Å². The van der Waals surface area contributed by atoms with Crippen LogP contribution in [0.25, 0.3) is 0 Å². The van der Waals surface area contributed by atoms with E-state index in [0.29, 0.717) is 0 Å². The third-order valence-corrected chi connectivity index (χ3v) is 3.13. The van der Waals surface area contributed by atoms with Gasteiger partial charge in [0.05, 0.1) is 0 Å². The second kappa shape index (κ2) is 4.32. The van der Waals surface area contributed by atoms with Gasteiger partial charge >= 0.3 is 0 Å². The van der Waals surface area contributed by atoms with Crippen molar-refractivity contribution in [2.45, 2.75) is 32.1 Å². The predicted octanol–water partition coefficient (Wildman–Crippen LogP) is 2.21. The highest BCUT2D eigenvalue weighted by molar-refractivity contribution is 5.85. The van der Waals surface area contributed by atoms with Crippen LogP contribution in [0.1, 0.15) is 32.1 Å². The molecule has 0 bridgehead atoms. The second-order valence-corrected chi connectivity index (χ2v) is 3.82. The van der Waals surface area contributed by atoms with Crippen LogP contribution in [0, 0.1) is 11.8 Å². The van der Waals surface area contributed by atoms with Crippen LogP contribution < -0.4 is 5.32 Å². The van der Waals surface area contributed by atoms with Crippen LogP contribution in [0.2, 0.25) is 0 Å². The first-order valence-corrected chi connectivity index (χ1v) is 4.67. The van der Waals surface area contributed by atoms with Crippen LogP contribution in [0.4, 0.5) is 0 Å². The smallest absolute Gasteiger partial charge is 0.000559 e. The standard InChI is InChI=1S/C9H17N.ClH/c1-2-4-8(5-3-1)9-6-10-7-9;/h8-10H,1-7H2;1H. The largest absolute Gasteiger partial charge is 0.316 e. The van der Waals surface area contributed by atoms with Crippen molar-refractivity contribution in [2.24, 2.45) is 11.8 Å². The molecule has 1 aliphatic heterocycles. The zero-order chi connectivity index (χ0) is 6.81. The fourth-order valence-corrected chi connectivity index (χ4v) is 2.25. The first-order valence-electron chi connectivity index (χ1n) is 4.67. The van der Waals surface area contributed by atoms with Gasteiger partial charge in [-0.05, 0) is 24.9 Å². The summed E-state index contributed by atoms with van der Waals surface area (Å²) in [6, 6.07) is 0. The molecule has 66 valence electrons. The third kappa shape index (κ3) is 2.09. The molecule has 1 N–H and O–H groups in total. The van der Waals surface area contributed by atoms with Gasteiger partial charge in [-0.25, -0.2) is 0 Å². The molecule has 2 aliphatic rings. The van der Waals surface area contributed by atoms with E-state index >= 15 is 0 Å². The number of hydrogen-bond acceptors (Lipinski definition) is 1. The number of rotatable bonds is 1. The monoisotopic (exact) mass is 175 g/mol. The van der Waals surface area contributed by atoms with Crippen molar-refractivity contribution in [3.8, 4) is 0 Å². The van der Waals surface area contributed by atoms with Gasteiger partial charge < -0.3 is 5.32 Å². The highest BCUT2D eigenvalue weighted by Crippen LogP contribution is 2.31. The lowest BCUT2D eigenvalue weighted by Crippen LogP contribution is -2.46. The molecule has 2 rings (SSSR count). The Bertz CT molecular complexity index is 106. The molecular formula is C9H18ClN. The lowest BCUT2D eigenvalue weighted by atomic mass is 9.77. The Labute approximate surface area is 75.4 Å². The highest BCUT2D eigenvalue weighted by Gasteiger charge is 2.27. The molecule has 0 atom stereocenters. The normalized spacial score (nSPS) is 27.3. The Morgan fingerprint density at radius 3 is 1.91 bits per heavy atom. The Hall–Kier alpha value is 0.250. The number of halogens is 1. The molecule has 0 aromatic heterocycles. The van der Waals surface area contributed by atoms with Crippen molar-refractivity contribution < 1.29 is 0 Å². The van der Waals surface area contributed by atoms with Gasteiger partial charge in [-0.15, -0.1) is 12.4 Å². The van der Waals surface area contributed by atoms with Gasteiger partial charge in [0.15, 0.2) is 0 Å². The van der Waals surface area contributed by atoms with Crippen molar-refractivity contribution in [3.63, 3.8) is 0 Å². The van der Waals surface area contributed by atoms with Crippen LogP contribution in [-0.4, -0.2) is 13.1 Å². The van der Waals surface area contributed by atoms with Gasteiger partial charge in [-0.1, -0.05) is 32.1 Å². The SMILES string of the molecule is C1CCC(C2CNC2)CC1.Cl. The number of nitrogens with one attached hydrogen (secondary N) is 1. The highest BCUT2D eigenvalue weighted by atomic mass is 35.5. The summed E-state index contributed by atoms with van der Waals surface area (Å²) in [5.41, 5.74) is 0. The molecule has 0 spiro atoms. The lowest BCUT2D eigenvalue weighted by molar-refractivity contribution is 0.184. The first kappa shape index (κ1) is 9.34. The minimum absolute atomic E-state index is 0. The minimum Gasteiger partial charge on any atom is -0.316 e. The van der Waals surface area contributed by atoms with Gasteiger partial charge in [0.1, 0.15) is 0 Å². The molecule has 2 fully saturated rings. The average molecular weight is 176 g/mol. The van der Waals surface area contributed by atoms with Crippen LogP contribution in [0.5, 0.6) is 0 Å². The Morgan fingerprint density at radius 2 is 1.45 bits per heavy atom. The lowest BCUT2D eigenvalue weighted by Gasteiger charge is -2.36. The van der Waals surface area contributed by atoms with Gasteiger partial charge in [0.25, 0.3) is 0 Å². The Kier molecular flexibility index (Phi) is 3.67. The molecule has 0 amide bonds. The zero-order valence-corrected chi connectivity index (χ0v) is 7.83. The summed E-state index contributed by atoms with van der Waals surface area (Å²) in [6.07, 6.45) is 7.54. The van der Waals surface area contributed by atoms with Crippen molar-refractivity contribution >= 4 is 12.4 Å². The van der Waals surface area contributed by atoms with Crippen molar-refractivity contribution in [1.82, 2.24) is 5.32 Å². The van der Waals surface area contributed by atoms with Gasteiger partial charge in [0.2, 0.25) is 0 Å². The Balaban J connectivity index is 0.000000605. The maximum absolute atomic E-state index is 3.36. The van der Waals surface area contributed by atoms with Crippen LogP contribution in [-0.2, 0) is 0 Å². The van der Waals surface area contributed by atoms with E-state index in [2.05, 4.69) is 5.32 Å². The summed E-state index contributed by atoms with van der Waals surface area (Å²) in [5, 5.41) is 3.36. The average Bonchev–Trinajstić information content (AvgIpc) is 1.86. The summed E-state index contributed by atoms with van der Waals surface area (Å²) in [6.45, 7) is 2.62. The zero-order valence-electron chi connectivity index (χ0n) is 7.01. The molecule has 2 heteroatoms. The molecule has 0 radical (unpaired) electrons. The van der Waals surface area contributed by atoms with Crippen LogP contribution in [0.3, 0.4) is 0 Å². The molecule has 0 aromatic rings. The van der Waals surface area contributed by atoms with Crippen LogP contribution >= 0.6 is 12.4 Å². The molecule has 1 saturated carbocycles. The van der Waals surface area contributed by atoms with E-state index in [-0.39, 0.29) is 12.4 Å². The first-order chi connectivity index (χ1) is 4.97. The molecular weight excluding hydrogens is 158 g/mol. The van der Waals surface area contributed by atoms with Gasteiger partial charge in [0, 0.05) is 0 Å². The van der Waals surface area contributed by atoms with E-state index in [0.717, 1.165) is 11.8 Å². The van der Waals surface area contributed by atoms with E-state index in [4.69, 9.17) is 0 Å². The summed E-state index contributed by atoms with van der Waals surface area (Å²) < 4.78 is 0. The molecule has 0 aromatic carbocycles. The van der Waals surface area contributed by atoms with E-state index < -0.39 is 0 Å². The fraction of sp³-hybridized carbons (Fsp3) is 1.00. The van der Waals surface area contributed by atoms with Crippen molar-refractivity contribution in [3.05, 3.63) is 0 Å². The topological polar surface area (TPSA) is 12.0 Å². The van der Waals surface area contributed by atoms with Crippen molar-refractivity contribution in [2.75, 3.05) is 13.1 Å². The summed E-state index contributed by atoms with van der Waals surface area (Å²) >= 11 is 0. The predicted molar refractivity (Wildman–Crippen MR) is 50.2 cm³/mol. The van der Waals surface area contributed by atoms with E-state index in [1.165, 1.54) is 45.2 Å². The molecule has 0 unspecified atom stereocenters. The molecule has 1 saturated heterocycles. The molecule has 1 nitrogen and oxygen atoms in total. The molecule has 11 heavy (non-hydrogen) atoms. The molecule has 1 heterocycles. The second-order valence-electron chi connectivity index (χ2n) is 3.82. The van der Waals surface area contributed by atoms with Crippen molar-refractivity contribution in [1.29, 1.82) is 0 Å². The summed E-state index contributed by atoms with van der Waals surface area (Å²) in [4.78, 5) is 0. The van der Waals surface area contributed by atoms with Crippen LogP contribution in [0.15, 0.2) is 0 Å². The Morgan fingerprint density at radius 1 is 0.818 bits per heavy atom. The maximum Gasteiger partial charge on any atom is -0.000559 e. The van der Waals surface area contributed by atoms with E-state index in [1.807, 2.05) is 0 Å². The van der Waals surface area contributed by atoms with Gasteiger partial charge in [-0.3, -0.25) is 0 Å². The third-order valence-electron chi connectivity index (χ3n) is 3.13. The fourth-order valence-electron chi connectivity index (χ4n) is 2.25. The van der Waals surface area contributed by atoms with E-state index in [1.54, 1.807) is 0 Å². The maximum atomic E-state index is 3.36. The molecule has 1 aliphatic carbocycles. The minimum atomic E-state index is 0. The number of hydrogen-bond donors (Lipinski definition) is 1. The summed E-state index contributed by atoms with van der Waals surface area (Å²) in [7, 11) is 0. The quantitative estimate of drug-likeness (QED) is 0.645. The van der Waals surface area contributed by atoms with E-state index in [9.17, 15) is 0 Å².